The van der Waals surface area contributed by atoms with E-state index >= 15 is 0 Å². The molecule has 2 aliphatic rings. The lowest BCUT2D eigenvalue weighted by atomic mass is 9.95. The van der Waals surface area contributed by atoms with Crippen LogP contribution in [-0.4, -0.2) is 39.9 Å². The molecule has 1 aromatic carbocycles. The van der Waals surface area contributed by atoms with Gasteiger partial charge in [-0.05, 0) is 52.1 Å². The molecule has 1 atom stereocenters. The number of nitrogens with one attached hydrogen (secondary N) is 1. The van der Waals surface area contributed by atoms with Crippen LogP contribution in [0.5, 0.6) is 0 Å². The monoisotopic (exact) mass is 438 g/mol. The molecule has 2 aromatic rings. The SMILES string of the molecule is Cc1nc(C2CCCN(Cc3ccccc3F)C2)nc(C)c1CC(=O)NC1CCCCC1. The average Bonchev–Trinajstić information content (AvgIpc) is 2.78. The second-order valence-electron chi connectivity index (χ2n) is 9.48. The Morgan fingerprint density at radius 1 is 1.06 bits per heavy atom. The maximum atomic E-state index is 14.1. The first kappa shape index (κ1) is 22.8. The quantitative estimate of drug-likeness (QED) is 0.716. The number of hydrogen-bond acceptors (Lipinski definition) is 4. The second kappa shape index (κ2) is 10.5. The summed E-state index contributed by atoms with van der Waals surface area (Å²) in [6.45, 7) is 6.38. The largest absolute Gasteiger partial charge is 0.353 e. The van der Waals surface area contributed by atoms with Crippen molar-refractivity contribution in [3.05, 3.63) is 58.4 Å². The van der Waals surface area contributed by atoms with Gasteiger partial charge in [0.1, 0.15) is 11.6 Å². The molecule has 6 heteroatoms. The Balaban J connectivity index is 1.40. The molecule has 1 unspecified atom stereocenters. The highest BCUT2D eigenvalue weighted by Crippen LogP contribution is 2.27. The zero-order chi connectivity index (χ0) is 22.5. The van der Waals surface area contributed by atoms with Crippen LogP contribution in [0, 0.1) is 19.7 Å². The molecule has 172 valence electrons. The Labute approximate surface area is 190 Å². The van der Waals surface area contributed by atoms with Crippen LogP contribution in [0.15, 0.2) is 24.3 Å². The molecule has 1 saturated heterocycles. The zero-order valence-electron chi connectivity index (χ0n) is 19.4. The maximum absolute atomic E-state index is 14.1. The number of amides is 1. The van der Waals surface area contributed by atoms with Gasteiger partial charge in [-0.3, -0.25) is 9.69 Å². The van der Waals surface area contributed by atoms with Gasteiger partial charge in [-0.1, -0.05) is 37.5 Å². The van der Waals surface area contributed by atoms with E-state index < -0.39 is 0 Å². The van der Waals surface area contributed by atoms with Crippen LogP contribution in [0.25, 0.3) is 0 Å². The lowest BCUT2D eigenvalue weighted by Gasteiger charge is -2.32. The van der Waals surface area contributed by atoms with Crippen LogP contribution < -0.4 is 5.32 Å². The number of aromatic nitrogens is 2. The van der Waals surface area contributed by atoms with Gasteiger partial charge in [-0.15, -0.1) is 0 Å². The van der Waals surface area contributed by atoms with E-state index in [1.807, 2.05) is 26.0 Å². The number of nitrogens with zero attached hydrogens (tertiary/aromatic N) is 3. The third kappa shape index (κ3) is 5.71. The highest BCUT2D eigenvalue weighted by molar-refractivity contribution is 5.79. The van der Waals surface area contributed by atoms with E-state index in [0.29, 0.717) is 19.0 Å². The topological polar surface area (TPSA) is 58.1 Å². The molecule has 1 aliphatic carbocycles. The molecular weight excluding hydrogens is 403 g/mol. The number of carbonyl (C=O) groups excluding carboxylic acids is 1. The zero-order valence-corrected chi connectivity index (χ0v) is 19.4. The molecular formula is C26H35FN4O. The van der Waals surface area contributed by atoms with Crippen LogP contribution in [0.3, 0.4) is 0 Å². The first-order valence-electron chi connectivity index (χ1n) is 12.1. The number of piperidine rings is 1. The molecule has 1 aromatic heterocycles. The predicted octanol–water partition coefficient (Wildman–Crippen LogP) is 4.60. The van der Waals surface area contributed by atoms with Crippen molar-refractivity contribution in [2.24, 2.45) is 0 Å². The summed E-state index contributed by atoms with van der Waals surface area (Å²) in [6.07, 6.45) is 8.29. The van der Waals surface area contributed by atoms with Crippen molar-refractivity contribution in [1.29, 1.82) is 0 Å². The van der Waals surface area contributed by atoms with Crippen LogP contribution >= 0.6 is 0 Å². The number of carbonyl (C=O) groups is 1. The standard InChI is InChI=1S/C26H35FN4O/c1-18-23(15-25(32)30-22-11-4-3-5-12-22)19(2)29-26(28-18)21-10-8-14-31(17-21)16-20-9-6-7-13-24(20)27/h6-7,9,13,21-22H,3-5,8,10-12,14-17H2,1-2H3,(H,30,32). The highest BCUT2D eigenvalue weighted by Gasteiger charge is 2.26. The summed E-state index contributed by atoms with van der Waals surface area (Å²) in [5, 5.41) is 3.20. The van der Waals surface area contributed by atoms with Crippen molar-refractivity contribution in [2.75, 3.05) is 13.1 Å². The molecule has 0 radical (unpaired) electrons. The summed E-state index contributed by atoms with van der Waals surface area (Å²) in [5.74, 6) is 1.02. The van der Waals surface area contributed by atoms with E-state index in [2.05, 4.69) is 10.2 Å². The summed E-state index contributed by atoms with van der Waals surface area (Å²) in [7, 11) is 0. The second-order valence-corrected chi connectivity index (χ2v) is 9.48. The number of benzene rings is 1. The van der Waals surface area contributed by atoms with E-state index in [9.17, 15) is 9.18 Å². The fourth-order valence-electron chi connectivity index (χ4n) is 5.17. The van der Waals surface area contributed by atoms with E-state index in [0.717, 1.165) is 67.1 Å². The lowest BCUT2D eigenvalue weighted by Crippen LogP contribution is -2.37. The van der Waals surface area contributed by atoms with Gasteiger partial charge < -0.3 is 5.32 Å². The molecule has 0 bridgehead atoms. The van der Waals surface area contributed by atoms with Crippen LogP contribution in [0.1, 0.15) is 79.2 Å². The Hall–Kier alpha value is -2.34. The fraction of sp³-hybridized carbons (Fsp3) is 0.577. The minimum Gasteiger partial charge on any atom is -0.353 e. The molecule has 5 nitrogen and oxygen atoms in total. The van der Waals surface area contributed by atoms with Gasteiger partial charge in [0.15, 0.2) is 0 Å². The molecule has 32 heavy (non-hydrogen) atoms. The number of halogens is 1. The van der Waals surface area contributed by atoms with Crippen molar-refractivity contribution in [3.63, 3.8) is 0 Å². The smallest absolute Gasteiger partial charge is 0.224 e. The van der Waals surface area contributed by atoms with Gasteiger partial charge in [0.05, 0.1) is 6.42 Å². The molecule has 0 spiro atoms. The first-order chi connectivity index (χ1) is 15.5. The highest BCUT2D eigenvalue weighted by atomic mass is 19.1. The minimum absolute atomic E-state index is 0.0770. The number of aryl methyl sites for hydroxylation is 2. The summed E-state index contributed by atoms with van der Waals surface area (Å²) in [4.78, 5) is 24.6. The van der Waals surface area contributed by atoms with Crippen molar-refractivity contribution in [1.82, 2.24) is 20.2 Å². The maximum Gasteiger partial charge on any atom is 0.224 e. The Morgan fingerprint density at radius 2 is 1.78 bits per heavy atom. The van der Waals surface area contributed by atoms with E-state index in [1.54, 1.807) is 6.07 Å². The van der Waals surface area contributed by atoms with Crippen LogP contribution in [-0.2, 0) is 17.8 Å². The van der Waals surface area contributed by atoms with Crippen LogP contribution in [0.4, 0.5) is 4.39 Å². The van der Waals surface area contributed by atoms with Crippen molar-refractivity contribution >= 4 is 5.91 Å². The van der Waals surface area contributed by atoms with Crippen molar-refractivity contribution in [2.45, 2.75) is 83.7 Å². The van der Waals surface area contributed by atoms with Gasteiger partial charge in [0.2, 0.25) is 5.91 Å². The molecule has 1 aliphatic heterocycles. The molecule has 1 amide bonds. The normalized spacial score (nSPS) is 20.3. The summed E-state index contributed by atoms with van der Waals surface area (Å²) in [6, 6.07) is 7.32. The Bertz CT molecular complexity index is 918. The van der Waals surface area contributed by atoms with Gasteiger partial charge in [-0.25, -0.2) is 14.4 Å². The number of rotatable bonds is 6. The summed E-state index contributed by atoms with van der Waals surface area (Å²) in [5.41, 5.74) is 3.48. The van der Waals surface area contributed by atoms with E-state index in [-0.39, 0.29) is 17.6 Å². The van der Waals surface area contributed by atoms with Gasteiger partial charge in [0, 0.05) is 47.6 Å². The Kier molecular flexibility index (Phi) is 7.51. The Morgan fingerprint density at radius 3 is 2.50 bits per heavy atom. The van der Waals surface area contributed by atoms with Crippen molar-refractivity contribution in [3.8, 4) is 0 Å². The van der Waals surface area contributed by atoms with Gasteiger partial charge in [-0.2, -0.15) is 0 Å². The van der Waals surface area contributed by atoms with E-state index in [4.69, 9.17) is 9.97 Å². The molecule has 4 rings (SSSR count). The van der Waals surface area contributed by atoms with Crippen molar-refractivity contribution < 1.29 is 9.18 Å². The lowest BCUT2D eigenvalue weighted by molar-refractivity contribution is -0.121. The summed E-state index contributed by atoms with van der Waals surface area (Å²) >= 11 is 0. The fourth-order valence-corrected chi connectivity index (χ4v) is 5.17. The third-order valence-electron chi connectivity index (χ3n) is 6.97. The van der Waals surface area contributed by atoms with E-state index in [1.165, 1.54) is 25.3 Å². The first-order valence-corrected chi connectivity index (χ1v) is 12.1. The van der Waals surface area contributed by atoms with Crippen LogP contribution in [0.2, 0.25) is 0 Å². The van der Waals surface area contributed by atoms with Gasteiger partial charge >= 0.3 is 0 Å². The number of likely N-dealkylation sites (tertiary alicyclic amines) is 1. The number of hydrogen-bond donors (Lipinski definition) is 1. The molecule has 1 N–H and O–H groups in total. The third-order valence-corrected chi connectivity index (χ3v) is 6.97. The van der Waals surface area contributed by atoms with Gasteiger partial charge in [0.25, 0.3) is 0 Å². The average molecular weight is 439 g/mol. The minimum atomic E-state index is -0.145. The predicted molar refractivity (Wildman–Crippen MR) is 124 cm³/mol. The molecule has 1 saturated carbocycles. The molecule has 2 heterocycles. The molecule has 2 fully saturated rings. The summed E-state index contributed by atoms with van der Waals surface area (Å²) < 4.78 is 14.1.